The molecule has 1 aliphatic heterocycles. The number of hydrogen-bond donors (Lipinski definition) is 1. The standard InChI is InChI=1S/C17H16IN3O4/c18-12-2-1-3-13(10-12)19-17(22)15-11-14(21(23)24)4-5-16(15)20-6-8-25-9-7-20/h1-5,10-11H,6-9H2,(H,19,22). The fraction of sp³-hybridized carbons (Fsp3) is 0.235. The molecule has 7 nitrogen and oxygen atoms in total. The number of hydrogen-bond acceptors (Lipinski definition) is 5. The average molecular weight is 453 g/mol. The topological polar surface area (TPSA) is 84.7 Å². The van der Waals surface area contributed by atoms with Crippen LogP contribution in [0.15, 0.2) is 42.5 Å². The molecule has 2 aromatic rings. The first-order valence-electron chi connectivity index (χ1n) is 7.72. The van der Waals surface area contributed by atoms with Gasteiger partial charge in [0.2, 0.25) is 0 Å². The second-order valence-electron chi connectivity index (χ2n) is 5.52. The number of ether oxygens (including phenoxy) is 1. The van der Waals surface area contributed by atoms with Gasteiger partial charge >= 0.3 is 0 Å². The van der Waals surface area contributed by atoms with Gasteiger partial charge in [-0.2, -0.15) is 0 Å². The highest BCUT2D eigenvalue weighted by molar-refractivity contribution is 14.1. The van der Waals surface area contributed by atoms with Crippen molar-refractivity contribution in [2.45, 2.75) is 0 Å². The lowest BCUT2D eigenvalue weighted by Crippen LogP contribution is -2.37. The van der Waals surface area contributed by atoms with Crippen molar-refractivity contribution >= 4 is 45.6 Å². The van der Waals surface area contributed by atoms with Crippen molar-refractivity contribution in [1.82, 2.24) is 0 Å². The zero-order chi connectivity index (χ0) is 17.8. The van der Waals surface area contributed by atoms with Crippen molar-refractivity contribution in [3.8, 4) is 0 Å². The Balaban J connectivity index is 1.94. The molecule has 1 saturated heterocycles. The number of nitro benzene ring substituents is 1. The van der Waals surface area contributed by atoms with Crippen molar-refractivity contribution in [2.24, 2.45) is 0 Å². The number of carbonyl (C=O) groups is 1. The number of benzene rings is 2. The fourth-order valence-electron chi connectivity index (χ4n) is 2.66. The summed E-state index contributed by atoms with van der Waals surface area (Å²) in [6.07, 6.45) is 0. The van der Waals surface area contributed by atoms with Gasteiger partial charge < -0.3 is 15.0 Å². The number of nitrogens with zero attached hydrogens (tertiary/aromatic N) is 2. The predicted molar refractivity (Wildman–Crippen MR) is 103 cm³/mol. The Morgan fingerprint density at radius 2 is 1.96 bits per heavy atom. The predicted octanol–water partition coefficient (Wildman–Crippen LogP) is 3.29. The summed E-state index contributed by atoms with van der Waals surface area (Å²) in [6.45, 7) is 2.41. The Morgan fingerprint density at radius 3 is 2.64 bits per heavy atom. The second-order valence-corrected chi connectivity index (χ2v) is 6.77. The maximum absolute atomic E-state index is 12.8. The van der Waals surface area contributed by atoms with Crippen molar-refractivity contribution in [3.05, 3.63) is 61.7 Å². The van der Waals surface area contributed by atoms with Crippen LogP contribution >= 0.6 is 22.6 Å². The molecule has 1 aliphatic rings. The molecule has 1 amide bonds. The molecule has 3 rings (SSSR count). The van der Waals surface area contributed by atoms with Crippen LogP contribution in [0.3, 0.4) is 0 Å². The number of rotatable bonds is 4. The van der Waals surface area contributed by atoms with E-state index < -0.39 is 4.92 Å². The monoisotopic (exact) mass is 453 g/mol. The largest absolute Gasteiger partial charge is 0.378 e. The molecule has 0 aliphatic carbocycles. The summed E-state index contributed by atoms with van der Waals surface area (Å²) in [5.74, 6) is -0.368. The molecule has 25 heavy (non-hydrogen) atoms. The summed E-state index contributed by atoms with van der Waals surface area (Å²) < 4.78 is 6.33. The highest BCUT2D eigenvalue weighted by Gasteiger charge is 2.22. The van der Waals surface area contributed by atoms with Crippen LogP contribution in [-0.4, -0.2) is 37.1 Å². The van der Waals surface area contributed by atoms with E-state index in [4.69, 9.17) is 4.74 Å². The number of anilines is 2. The van der Waals surface area contributed by atoms with Crippen LogP contribution in [-0.2, 0) is 4.74 Å². The van der Waals surface area contributed by atoms with Gasteiger partial charge in [-0.05, 0) is 46.9 Å². The summed E-state index contributed by atoms with van der Waals surface area (Å²) in [4.78, 5) is 25.4. The van der Waals surface area contributed by atoms with E-state index in [1.165, 1.54) is 12.1 Å². The normalized spacial score (nSPS) is 14.2. The van der Waals surface area contributed by atoms with Crippen molar-refractivity contribution in [2.75, 3.05) is 36.5 Å². The molecule has 0 saturated carbocycles. The van der Waals surface area contributed by atoms with Gasteiger partial charge in [0.1, 0.15) is 0 Å². The van der Waals surface area contributed by atoms with E-state index >= 15 is 0 Å². The van der Waals surface area contributed by atoms with Gasteiger partial charge in [0, 0.05) is 34.5 Å². The Morgan fingerprint density at radius 1 is 1.20 bits per heavy atom. The van der Waals surface area contributed by atoms with Crippen LogP contribution in [0.4, 0.5) is 17.1 Å². The van der Waals surface area contributed by atoms with Gasteiger partial charge in [-0.3, -0.25) is 14.9 Å². The Labute approximate surface area is 158 Å². The van der Waals surface area contributed by atoms with Crippen LogP contribution in [0.5, 0.6) is 0 Å². The van der Waals surface area contributed by atoms with E-state index in [1.807, 2.05) is 23.1 Å². The number of nitrogens with one attached hydrogen (secondary N) is 1. The maximum atomic E-state index is 12.8. The highest BCUT2D eigenvalue weighted by atomic mass is 127. The number of carbonyl (C=O) groups excluding carboxylic acids is 1. The lowest BCUT2D eigenvalue weighted by molar-refractivity contribution is -0.384. The van der Waals surface area contributed by atoms with E-state index in [9.17, 15) is 14.9 Å². The molecule has 1 fully saturated rings. The third kappa shape index (κ3) is 4.26. The smallest absolute Gasteiger partial charge is 0.270 e. The molecule has 0 unspecified atom stereocenters. The molecule has 0 atom stereocenters. The van der Waals surface area contributed by atoms with Crippen LogP contribution in [0.2, 0.25) is 0 Å². The molecule has 2 aromatic carbocycles. The Bertz CT molecular complexity index is 806. The van der Waals surface area contributed by atoms with Gasteiger partial charge in [0.05, 0.1) is 29.4 Å². The Hall–Kier alpha value is -2.20. The minimum Gasteiger partial charge on any atom is -0.378 e. The van der Waals surface area contributed by atoms with Crippen LogP contribution < -0.4 is 10.2 Å². The highest BCUT2D eigenvalue weighted by Crippen LogP contribution is 2.27. The molecular formula is C17H16IN3O4. The minimum atomic E-state index is -0.495. The second kappa shape index (κ2) is 7.79. The first-order chi connectivity index (χ1) is 12.0. The summed E-state index contributed by atoms with van der Waals surface area (Å²) in [6, 6.07) is 11.8. The van der Waals surface area contributed by atoms with Crippen LogP contribution in [0.25, 0.3) is 0 Å². The van der Waals surface area contributed by atoms with Crippen molar-refractivity contribution in [3.63, 3.8) is 0 Å². The summed E-state index contributed by atoms with van der Waals surface area (Å²) in [7, 11) is 0. The fourth-order valence-corrected chi connectivity index (χ4v) is 3.21. The van der Waals surface area contributed by atoms with Crippen molar-refractivity contribution < 1.29 is 14.5 Å². The molecule has 1 N–H and O–H groups in total. The maximum Gasteiger partial charge on any atom is 0.270 e. The van der Waals surface area contributed by atoms with E-state index in [0.717, 1.165) is 3.57 Å². The van der Waals surface area contributed by atoms with Gasteiger partial charge in [-0.25, -0.2) is 0 Å². The summed E-state index contributed by atoms with van der Waals surface area (Å²) in [5.41, 5.74) is 1.51. The van der Waals surface area contributed by atoms with Gasteiger partial charge in [-0.15, -0.1) is 0 Å². The third-order valence-corrected chi connectivity index (χ3v) is 4.54. The molecule has 130 valence electrons. The molecule has 0 radical (unpaired) electrons. The van der Waals surface area contributed by atoms with Gasteiger partial charge in [0.15, 0.2) is 0 Å². The van der Waals surface area contributed by atoms with E-state index in [1.54, 1.807) is 12.1 Å². The first kappa shape index (κ1) is 17.6. The number of amides is 1. The Kier molecular flexibility index (Phi) is 5.49. The summed E-state index contributed by atoms with van der Waals surface area (Å²) >= 11 is 2.16. The number of nitro groups is 1. The van der Waals surface area contributed by atoms with Crippen LogP contribution in [0, 0.1) is 13.7 Å². The SMILES string of the molecule is O=C(Nc1cccc(I)c1)c1cc([N+](=O)[O-])ccc1N1CCOCC1. The van der Waals surface area contributed by atoms with Gasteiger partial charge in [-0.1, -0.05) is 6.07 Å². The summed E-state index contributed by atoms with van der Waals surface area (Å²) in [5, 5.41) is 13.9. The number of non-ortho nitro benzene ring substituents is 1. The number of morpholine rings is 1. The molecule has 8 heteroatoms. The third-order valence-electron chi connectivity index (χ3n) is 3.87. The molecular weight excluding hydrogens is 437 g/mol. The molecule has 0 spiro atoms. The van der Waals surface area contributed by atoms with E-state index in [-0.39, 0.29) is 17.2 Å². The zero-order valence-electron chi connectivity index (χ0n) is 13.3. The zero-order valence-corrected chi connectivity index (χ0v) is 15.4. The molecule has 1 heterocycles. The minimum absolute atomic E-state index is 0.107. The first-order valence-corrected chi connectivity index (χ1v) is 8.80. The molecule has 0 aromatic heterocycles. The van der Waals surface area contributed by atoms with Crippen molar-refractivity contribution in [1.29, 1.82) is 0 Å². The average Bonchev–Trinajstić information content (AvgIpc) is 2.62. The number of halogens is 1. The molecule has 0 bridgehead atoms. The van der Waals surface area contributed by atoms with Gasteiger partial charge in [0.25, 0.3) is 11.6 Å². The quantitative estimate of drug-likeness (QED) is 0.437. The lowest BCUT2D eigenvalue weighted by Gasteiger charge is -2.30. The van der Waals surface area contributed by atoms with E-state index in [2.05, 4.69) is 27.9 Å². The van der Waals surface area contributed by atoms with E-state index in [0.29, 0.717) is 37.7 Å². The lowest BCUT2D eigenvalue weighted by atomic mass is 10.1. The van der Waals surface area contributed by atoms with Crippen LogP contribution in [0.1, 0.15) is 10.4 Å².